The second-order valence-electron chi connectivity index (χ2n) is 9.57. The average Bonchev–Trinajstić information content (AvgIpc) is 3.14. The molecule has 0 aliphatic carbocycles. The number of rotatable bonds is 5. The van der Waals surface area contributed by atoms with Crippen LogP contribution >= 0.6 is 0 Å². The number of β-amino-alcohol motifs (C(OH)–C–C–N with tert-alkyl or cyclic N) is 1. The Morgan fingerprint density at radius 1 is 0.912 bits per heavy atom. The number of anilines is 1. The summed E-state index contributed by atoms with van der Waals surface area (Å²) in [6, 6.07) is 15.2. The number of H-pyrrole nitrogens is 1. The Kier molecular flexibility index (Phi) is 6.11. The van der Waals surface area contributed by atoms with E-state index in [0.717, 1.165) is 72.3 Å². The van der Waals surface area contributed by atoms with Gasteiger partial charge in [-0.05, 0) is 69.2 Å². The number of fused-ring (bicyclic) bond motifs is 1. The highest BCUT2D eigenvalue weighted by molar-refractivity contribution is 5.93. The Balaban J connectivity index is 1.36. The Morgan fingerprint density at radius 2 is 1.62 bits per heavy atom. The van der Waals surface area contributed by atoms with Crippen molar-refractivity contribution in [3.8, 4) is 22.4 Å². The second-order valence-corrected chi connectivity index (χ2v) is 9.57. The summed E-state index contributed by atoms with van der Waals surface area (Å²) in [7, 11) is 0. The number of nitrogens with one attached hydrogen (secondary N) is 1. The zero-order valence-electron chi connectivity index (χ0n) is 20.5. The molecule has 1 fully saturated rings. The van der Waals surface area contributed by atoms with Gasteiger partial charge in [-0.25, -0.2) is 4.98 Å². The minimum absolute atomic E-state index is 0.279. The van der Waals surface area contributed by atoms with Crippen LogP contribution in [0.1, 0.15) is 23.9 Å². The first-order chi connectivity index (χ1) is 16.4. The molecule has 176 valence electrons. The van der Waals surface area contributed by atoms with Crippen molar-refractivity contribution in [1.82, 2.24) is 19.9 Å². The van der Waals surface area contributed by atoms with Crippen LogP contribution < -0.4 is 4.90 Å². The van der Waals surface area contributed by atoms with Crippen molar-refractivity contribution >= 4 is 16.7 Å². The minimum Gasteiger partial charge on any atom is -0.392 e. The molecular formula is C28H33N5O. The van der Waals surface area contributed by atoms with Crippen LogP contribution in [-0.2, 0) is 0 Å². The Hall–Kier alpha value is -3.22. The summed E-state index contributed by atoms with van der Waals surface area (Å²) in [5, 5.41) is 10.9. The van der Waals surface area contributed by atoms with Crippen LogP contribution in [0.25, 0.3) is 33.3 Å². The van der Waals surface area contributed by atoms with Gasteiger partial charge in [0.1, 0.15) is 5.82 Å². The van der Waals surface area contributed by atoms with Crippen LogP contribution in [0.3, 0.4) is 0 Å². The topological polar surface area (TPSA) is 68.3 Å². The molecule has 1 atom stereocenters. The Bertz CT molecular complexity index is 1280. The Labute approximate surface area is 201 Å². The molecule has 0 radical (unpaired) electrons. The zero-order chi connectivity index (χ0) is 23.8. The van der Waals surface area contributed by atoms with Gasteiger partial charge in [-0.2, -0.15) is 0 Å². The monoisotopic (exact) mass is 455 g/mol. The highest BCUT2D eigenvalue weighted by Gasteiger charge is 2.19. The lowest BCUT2D eigenvalue weighted by Gasteiger charge is -2.35. The minimum atomic E-state index is -0.279. The van der Waals surface area contributed by atoms with Crippen molar-refractivity contribution in [2.24, 2.45) is 0 Å². The van der Waals surface area contributed by atoms with Crippen molar-refractivity contribution in [2.45, 2.75) is 33.8 Å². The standard InChI is InChI=1S/C28H33N5O/c1-18-13-24(14-19(2)30-18)28-21(4)25-7-5-22(15-26(25)31-28)23-6-8-27(29-16-23)33-11-9-32(10-12-33)17-20(3)34/h5-8,13-16,20,31,34H,9-12,17H2,1-4H3. The molecule has 0 spiro atoms. The van der Waals surface area contributed by atoms with E-state index in [1.54, 1.807) is 0 Å². The molecule has 0 amide bonds. The number of pyridine rings is 2. The van der Waals surface area contributed by atoms with Crippen LogP contribution in [0.2, 0.25) is 0 Å². The lowest BCUT2D eigenvalue weighted by Crippen LogP contribution is -2.48. The van der Waals surface area contributed by atoms with E-state index < -0.39 is 0 Å². The largest absolute Gasteiger partial charge is 0.392 e. The number of piperazine rings is 1. The van der Waals surface area contributed by atoms with Crippen LogP contribution in [-0.4, -0.2) is 63.8 Å². The van der Waals surface area contributed by atoms with Crippen LogP contribution in [0, 0.1) is 20.8 Å². The van der Waals surface area contributed by atoms with E-state index in [2.05, 4.69) is 69.2 Å². The van der Waals surface area contributed by atoms with Crippen LogP contribution in [0.4, 0.5) is 5.82 Å². The van der Waals surface area contributed by atoms with Gasteiger partial charge in [-0.15, -0.1) is 0 Å². The first-order valence-electron chi connectivity index (χ1n) is 12.1. The lowest BCUT2D eigenvalue weighted by molar-refractivity contribution is 0.122. The zero-order valence-corrected chi connectivity index (χ0v) is 20.5. The van der Waals surface area contributed by atoms with Gasteiger partial charge in [0.05, 0.1) is 6.10 Å². The predicted molar refractivity (Wildman–Crippen MR) is 139 cm³/mol. The van der Waals surface area contributed by atoms with E-state index in [1.807, 2.05) is 27.0 Å². The fraction of sp³-hybridized carbons (Fsp3) is 0.357. The van der Waals surface area contributed by atoms with Crippen molar-refractivity contribution in [3.63, 3.8) is 0 Å². The number of aryl methyl sites for hydroxylation is 3. The quantitative estimate of drug-likeness (QED) is 0.456. The fourth-order valence-electron chi connectivity index (χ4n) is 5.06. The highest BCUT2D eigenvalue weighted by atomic mass is 16.3. The molecule has 1 aliphatic heterocycles. The number of aliphatic hydroxyl groups excluding tert-OH is 1. The number of aromatic nitrogens is 3. The third-order valence-corrected chi connectivity index (χ3v) is 6.73. The van der Waals surface area contributed by atoms with Gasteiger partial charge in [-0.3, -0.25) is 9.88 Å². The maximum absolute atomic E-state index is 9.62. The SMILES string of the molecule is Cc1cc(-c2[nH]c3cc(-c4ccc(N5CCN(CC(C)O)CC5)nc4)ccc3c2C)cc(C)n1. The molecule has 34 heavy (non-hydrogen) atoms. The molecule has 4 heterocycles. The molecule has 0 saturated carbocycles. The summed E-state index contributed by atoms with van der Waals surface area (Å²) in [5.41, 5.74) is 9.06. The summed E-state index contributed by atoms with van der Waals surface area (Å²) in [4.78, 5) is 17.6. The normalized spacial score (nSPS) is 15.7. The number of nitrogens with zero attached hydrogens (tertiary/aromatic N) is 4. The molecule has 5 rings (SSSR count). The van der Waals surface area contributed by atoms with Crippen molar-refractivity contribution in [3.05, 3.63) is 65.6 Å². The van der Waals surface area contributed by atoms with Gasteiger partial charge < -0.3 is 15.0 Å². The first kappa shape index (κ1) is 22.6. The number of hydrogen-bond donors (Lipinski definition) is 2. The van der Waals surface area contributed by atoms with Gasteiger partial charge in [0.2, 0.25) is 0 Å². The summed E-state index contributed by atoms with van der Waals surface area (Å²) >= 11 is 0. The Morgan fingerprint density at radius 3 is 2.26 bits per heavy atom. The average molecular weight is 456 g/mol. The third kappa shape index (κ3) is 4.56. The van der Waals surface area contributed by atoms with Crippen molar-refractivity contribution in [1.29, 1.82) is 0 Å². The van der Waals surface area contributed by atoms with Crippen molar-refractivity contribution < 1.29 is 5.11 Å². The molecule has 0 bridgehead atoms. The van der Waals surface area contributed by atoms with E-state index in [4.69, 9.17) is 4.98 Å². The third-order valence-electron chi connectivity index (χ3n) is 6.73. The molecule has 2 N–H and O–H groups in total. The van der Waals surface area contributed by atoms with Crippen LogP contribution in [0.15, 0.2) is 48.7 Å². The highest BCUT2D eigenvalue weighted by Crippen LogP contribution is 2.33. The van der Waals surface area contributed by atoms with E-state index in [-0.39, 0.29) is 6.10 Å². The number of aliphatic hydroxyl groups is 1. The molecule has 1 unspecified atom stereocenters. The molecule has 6 heteroatoms. The fourth-order valence-corrected chi connectivity index (χ4v) is 5.06. The van der Waals surface area contributed by atoms with E-state index >= 15 is 0 Å². The summed E-state index contributed by atoms with van der Waals surface area (Å²) < 4.78 is 0. The van der Waals surface area contributed by atoms with Crippen LogP contribution in [0.5, 0.6) is 0 Å². The second kappa shape index (κ2) is 9.20. The maximum atomic E-state index is 9.62. The van der Waals surface area contributed by atoms with E-state index in [9.17, 15) is 5.11 Å². The predicted octanol–water partition coefficient (Wildman–Crippen LogP) is 4.72. The number of benzene rings is 1. The molecule has 6 nitrogen and oxygen atoms in total. The van der Waals surface area contributed by atoms with Gasteiger partial charge >= 0.3 is 0 Å². The number of aromatic amines is 1. The molecule has 1 saturated heterocycles. The molecular weight excluding hydrogens is 422 g/mol. The molecule has 4 aromatic rings. The first-order valence-corrected chi connectivity index (χ1v) is 12.1. The van der Waals surface area contributed by atoms with Gasteiger partial charge in [0.25, 0.3) is 0 Å². The summed E-state index contributed by atoms with van der Waals surface area (Å²) in [6.07, 6.45) is 1.70. The lowest BCUT2D eigenvalue weighted by atomic mass is 10.0. The van der Waals surface area contributed by atoms with Crippen molar-refractivity contribution in [2.75, 3.05) is 37.6 Å². The van der Waals surface area contributed by atoms with Gasteiger partial charge in [0.15, 0.2) is 0 Å². The molecule has 1 aliphatic rings. The smallest absolute Gasteiger partial charge is 0.128 e. The number of hydrogen-bond acceptors (Lipinski definition) is 5. The van der Waals surface area contributed by atoms with Gasteiger partial charge in [0, 0.05) is 78.0 Å². The molecule has 1 aromatic carbocycles. The maximum Gasteiger partial charge on any atom is 0.128 e. The van der Waals surface area contributed by atoms with Gasteiger partial charge in [-0.1, -0.05) is 12.1 Å². The van der Waals surface area contributed by atoms with E-state index in [1.165, 1.54) is 16.5 Å². The summed E-state index contributed by atoms with van der Waals surface area (Å²) in [5.74, 6) is 1.02. The molecule has 3 aromatic heterocycles. The summed E-state index contributed by atoms with van der Waals surface area (Å²) in [6.45, 7) is 12.6. The van der Waals surface area contributed by atoms with E-state index in [0.29, 0.717) is 0 Å².